The molecule has 45 heavy (non-hydrogen) atoms. The Morgan fingerprint density at radius 1 is 1.00 bits per heavy atom. The number of amides is 3. The molecule has 0 aliphatic carbocycles. The predicted octanol–water partition coefficient (Wildman–Crippen LogP) is 5.51. The summed E-state index contributed by atoms with van der Waals surface area (Å²) in [5.41, 5.74) is 1.85. The molecule has 0 spiro atoms. The number of fused-ring (bicyclic) bond motifs is 1. The lowest BCUT2D eigenvalue weighted by atomic mass is 10.0. The normalized spacial score (nSPS) is 20.2. The SMILES string of the molecule is C[C@H](CO)N1C[C@H](C)[C@@H](CN(C)C(=O)c2ccccc2)OCCCC[C@H](C)Oc2ccc(NC(=O)c3ccccc3)cc2C1=O. The van der Waals surface area contributed by atoms with Gasteiger partial charge in [-0.2, -0.15) is 0 Å². The molecule has 3 aromatic carbocycles. The second-order valence-corrected chi connectivity index (χ2v) is 11.9. The Kier molecular flexibility index (Phi) is 12.1. The molecule has 4 atom stereocenters. The van der Waals surface area contributed by atoms with Gasteiger partial charge in [0, 0.05) is 49.5 Å². The van der Waals surface area contributed by atoms with E-state index >= 15 is 0 Å². The summed E-state index contributed by atoms with van der Waals surface area (Å²) in [5, 5.41) is 13.1. The van der Waals surface area contributed by atoms with E-state index in [1.54, 1.807) is 78.4 Å². The molecule has 9 nitrogen and oxygen atoms in total. The highest BCUT2D eigenvalue weighted by atomic mass is 16.5. The number of rotatable bonds is 7. The summed E-state index contributed by atoms with van der Waals surface area (Å²) in [6.45, 7) is 6.64. The van der Waals surface area contributed by atoms with Gasteiger partial charge < -0.3 is 29.7 Å². The van der Waals surface area contributed by atoms with Crippen LogP contribution in [0.4, 0.5) is 5.69 Å². The number of benzene rings is 3. The van der Waals surface area contributed by atoms with Gasteiger partial charge in [0.15, 0.2) is 0 Å². The molecule has 1 heterocycles. The van der Waals surface area contributed by atoms with E-state index in [4.69, 9.17) is 9.47 Å². The Balaban J connectivity index is 1.63. The fourth-order valence-electron chi connectivity index (χ4n) is 5.41. The number of nitrogens with one attached hydrogen (secondary N) is 1. The first-order chi connectivity index (χ1) is 21.7. The number of ether oxygens (including phenoxy) is 2. The van der Waals surface area contributed by atoms with Crippen molar-refractivity contribution in [1.29, 1.82) is 0 Å². The van der Waals surface area contributed by atoms with E-state index in [-0.39, 0.29) is 49.0 Å². The van der Waals surface area contributed by atoms with Crippen molar-refractivity contribution in [3.63, 3.8) is 0 Å². The van der Waals surface area contributed by atoms with Crippen LogP contribution >= 0.6 is 0 Å². The largest absolute Gasteiger partial charge is 0.490 e. The Hall–Kier alpha value is -4.21. The topological polar surface area (TPSA) is 108 Å². The summed E-state index contributed by atoms with van der Waals surface area (Å²) in [5.74, 6) is -0.479. The highest BCUT2D eigenvalue weighted by Crippen LogP contribution is 2.29. The molecule has 0 bridgehead atoms. The maximum absolute atomic E-state index is 14.3. The number of aliphatic hydroxyl groups is 1. The fourth-order valence-corrected chi connectivity index (χ4v) is 5.41. The molecular formula is C36H45N3O6. The Bertz CT molecular complexity index is 1420. The first-order valence-electron chi connectivity index (χ1n) is 15.7. The monoisotopic (exact) mass is 615 g/mol. The molecule has 3 amide bonds. The van der Waals surface area contributed by atoms with Gasteiger partial charge in [0.05, 0.1) is 30.4 Å². The number of likely N-dealkylation sites (N-methyl/N-ethyl adjacent to an activating group) is 1. The third kappa shape index (κ3) is 9.15. The minimum atomic E-state index is -0.509. The van der Waals surface area contributed by atoms with E-state index < -0.39 is 6.04 Å². The standard InChI is InChI=1S/C36H45N3O6/c1-25-22-39(26(2)24-40)36(43)31-21-30(37-34(41)28-14-7-5-8-15-28)18-19-32(31)45-27(3)13-11-12-20-44-33(25)23-38(4)35(42)29-16-9-6-10-17-29/h5-10,14-19,21,25-27,33,40H,11-13,20,22-24H2,1-4H3,(H,37,41)/t25-,26+,27-,33+/m0/s1. The molecule has 0 radical (unpaired) electrons. The first kappa shape index (κ1) is 33.7. The molecule has 9 heteroatoms. The van der Waals surface area contributed by atoms with Gasteiger partial charge in [0.25, 0.3) is 17.7 Å². The van der Waals surface area contributed by atoms with Crippen LogP contribution in [0, 0.1) is 5.92 Å². The van der Waals surface area contributed by atoms with Gasteiger partial charge in [-0.15, -0.1) is 0 Å². The van der Waals surface area contributed by atoms with Gasteiger partial charge in [-0.1, -0.05) is 43.3 Å². The summed E-state index contributed by atoms with van der Waals surface area (Å²) in [4.78, 5) is 43.7. The third-order valence-corrected chi connectivity index (χ3v) is 8.17. The number of carbonyl (C=O) groups is 3. The maximum Gasteiger partial charge on any atom is 0.258 e. The lowest BCUT2D eigenvalue weighted by Crippen LogP contribution is -2.48. The van der Waals surface area contributed by atoms with Crippen LogP contribution in [-0.2, 0) is 4.74 Å². The van der Waals surface area contributed by atoms with Crippen molar-refractivity contribution in [2.75, 3.05) is 38.7 Å². The van der Waals surface area contributed by atoms with Crippen LogP contribution < -0.4 is 10.1 Å². The third-order valence-electron chi connectivity index (χ3n) is 8.17. The van der Waals surface area contributed by atoms with Crippen molar-refractivity contribution in [1.82, 2.24) is 9.80 Å². The van der Waals surface area contributed by atoms with Gasteiger partial charge in [0.1, 0.15) is 5.75 Å². The molecule has 0 fully saturated rings. The molecule has 0 aromatic heterocycles. The molecule has 2 N–H and O–H groups in total. The van der Waals surface area contributed by atoms with Crippen LogP contribution in [-0.4, -0.2) is 84.2 Å². The van der Waals surface area contributed by atoms with Gasteiger partial charge in [-0.25, -0.2) is 0 Å². The highest BCUT2D eigenvalue weighted by Gasteiger charge is 2.31. The second-order valence-electron chi connectivity index (χ2n) is 11.9. The zero-order chi connectivity index (χ0) is 32.3. The number of hydrogen-bond donors (Lipinski definition) is 2. The van der Waals surface area contributed by atoms with E-state index in [9.17, 15) is 19.5 Å². The van der Waals surface area contributed by atoms with Crippen LogP contribution in [0.5, 0.6) is 5.75 Å². The number of aliphatic hydroxyl groups excluding tert-OH is 1. The van der Waals surface area contributed by atoms with Gasteiger partial charge in [0.2, 0.25) is 0 Å². The van der Waals surface area contributed by atoms with E-state index in [0.29, 0.717) is 41.3 Å². The Morgan fingerprint density at radius 2 is 1.67 bits per heavy atom. The van der Waals surface area contributed by atoms with Crippen LogP contribution in [0.1, 0.15) is 71.1 Å². The molecule has 0 saturated heterocycles. The first-order valence-corrected chi connectivity index (χ1v) is 15.7. The Morgan fingerprint density at radius 3 is 2.33 bits per heavy atom. The molecule has 4 rings (SSSR count). The highest BCUT2D eigenvalue weighted by molar-refractivity contribution is 6.05. The van der Waals surface area contributed by atoms with Crippen molar-refractivity contribution >= 4 is 23.4 Å². The molecule has 1 aliphatic heterocycles. The predicted molar refractivity (Wildman–Crippen MR) is 175 cm³/mol. The summed E-state index contributed by atoms with van der Waals surface area (Å²) in [7, 11) is 1.76. The van der Waals surface area contributed by atoms with Crippen LogP contribution in [0.25, 0.3) is 0 Å². The zero-order valence-corrected chi connectivity index (χ0v) is 26.6. The van der Waals surface area contributed by atoms with Crippen molar-refractivity contribution in [2.45, 2.75) is 58.3 Å². The van der Waals surface area contributed by atoms with E-state index in [2.05, 4.69) is 5.32 Å². The minimum absolute atomic E-state index is 0.104. The molecule has 0 saturated carbocycles. The maximum atomic E-state index is 14.3. The van der Waals surface area contributed by atoms with E-state index in [1.807, 2.05) is 38.1 Å². The summed E-state index contributed by atoms with van der Waals surface area (Å²) in [6, 6.07) is 22.6. The average Bonchev–Trinajstić information content (AvgIpc) is 3.06. The quantitative estimate of drug-likeness (QED) is 0.363. The Labute approximate surface area is 266 Å². The van der Waals surface area contributed by atoms with Gasteiger partial charge in [-0.3, -0.25) is 14.4 Å². The summed E-state index contributed by atoms with van der Waals surface area (Å²) in [6.07, 6.45) is 1.92. The average molecular weight is 616 g/mol. The van der Waals surface area contributed by atoms with Crippen molar-refractivity contribution in [3.8, 4) is 5.75 Å². The smallest absolute Gasteiger partial charge is 0.258 e. The van der Waals surface area contributed by atoms with E-state index in [1.165, 1.54) is 0 Å². The molecule has 240 valence electrons. The zero-order valence-electron chi connectivity index (χ0n) is 26.6. The minimum Gasteiger partial charge on any atom is -0.490 e. The summed E-state index contributed by atoms with van der Waals surface area (Å²) >= 11 is 0. The van der Waals surface area contributed by atoms with E-state index in [0.717, 1.165) is 19.3 Å². The number of carbonyl (C=O) groups excluding carboxylic acids is 3. The van der Waals surface area contributed by atoms with Crippen LogP contribution in [0.2, 0.25) is 0 Å². The van der Waals surface area contributed by atoms with Gasteiger partial charge in [-0.05, 0) is 75.6 Å². The van der Waals surface area contributed by atoms with Gasteiger partial charge >= 0.3 is 0 Å². The number of hydrogen-bond acceptors (Lipinski definition) is 6. The van der Waals surface area contributed by atoms with Crippen LogP contribution in [0.15, 0.2) is 78.9 Å². The van der Waals surface area contributed by atoms with Crippen molar-refractivity contribution in [3.05, 3.63) is 95.6 Å². The van der Waals surface area contributed by atoms with Crippen LogP contribution in [0.3, 0.4) is 0 Å². The summed E-state index contributed by atoms with van der Waals surface area (Å²) < 4.78 is 12.7. The lowest BCUT2D eigenvalue weighted by Gasteiger charge is -2.36. The number of nitrogens with zero attached hydrogens (tertiary/aromatic N) is 2. The lowest BCUT2D eigenvalue weighted by molar-refractivity contribution is -0.0149. The van der Waals surface area contributed by atoms with Crippen molar-refractivity contribution in [2.24, 2.45) is 5.92 Å². The fraction of sp³-hybridized carbons (Fsp3) is 0.417. The van der Waals surface area contributed by atoms with Crippen molar-refractivity contribution < 1.29 is 29.0 Å². The molecule has 0 unspecified atom stereocenters. The molecule has 1 aliphatic rings. The molecule has 3 aromatic rings. The second kappa shape index (κ2) is 16.2. The number of anilines is 1. The molecular weight excluding hydrogens is 570 g/mol.